The molecule has 2 rings (SSSR count). The maximum absolute atomic E-state index is 11.9. The van der Waals surface area contributed by atoms with Crippen LogP contribution in [0.1, 0.15) is 31.9 Å². The molecule has 1 aromatic carbocycles. The third-order valence-electron chi connectivity index (χ3n) is 3.50. The van der Waals surface area contributed by atoms with Crippen LogP contribution in [0.3, 0.4) is 0 Å². The summed E-state index contributed by atoms with van der Waals surface area (Å²) in [5.74, 6) is 5.64. The molecule has 0 saturated carbocycles. The molecule has 1 saturated heterocycles. The van der Waals surface area contributed by atoms with E-state index in [-0.39, 0.29) is 23.9 Å². The number of amides is 1. The van der Waals surface area contributed by atoms with Crippen molar-refractivity contribution in [2.75, 3.05) is 6.61 Å². The van der Waals surface area contributed by atoms with E-state index in [1.54, 1.807) is 0 Å². The van der Waals surface area contributed by atoms with Gasteiger partial charge >= 0.3 is 0 Å². The van der Waals surface area contributed by atoms with Gasteiger partial charge in [0.1, 0.15) is 5.75 Å². The van der Waals surface area contributed by atoms with Gasteiger partial charge in [0.2, 0.25) is 5.91 Å². The molecule has 110 valence electrons. The SMILES string of the molecule is CCCOc1cccc(C2NNC(C)C2C(=O)NN)c1. The molecule has 20 heavy (non-hydrogen) atoms. The predicted molar refractivity (Wildman–Crippen MR) is 76.5 cm³/mol. The zero-order valence-corrected chi connectivity index (χ0v) is 11.8. The Morgan fingerprint density at radius 3 is 2.95 bits per heavy atom. The lowest BCUT2D eigenvalue weighted by molar-refractivity contribution is -0.125. The van der Waals surface area contributed by atoms with E-state index in [1.807, 2.05) is 31.2 Å². The van der Waals surface area contributed by atoms with E-state index in [2.05, 4.69) is 23.2 Å². The smallest absolute Gasteiger partial charge is 0.240 e. The van der Waals surface area contributed by atoms with Crippen molar-refractivity contribution in [2.24, 2.45) is 11.8 Å². The molecule has 1 heterocycles. The molecule has 0 spiro atoms. The van der Waals surface area contributed by atoms with E-state index in [0.29, 0.717) is 6.61 Å². The fraction of sp³-hybridized carbons (Fsp3) is 0.500. The molecular formula is C14H22N4O2. The maximum atomic E-state index is 11.9. The average Bonchev–Trinajstić information content (AvgIpc) is 2.86. The molecule has 1 fully saturated rings. The number of nitrogens with two attached hydrogens (primary N) is 1. The Morgan fingerprint density at radius 1 is 1.45 bits per heavy atom. The summed E-state index contributed by atoms with van der Waals surface area (Å²) >= 11 is 0. The minimum atomic E-state index is -0.263. The molecule has 0 bridgehead atoms. The van der Waals surface area contributed by atoms with Crippen molar-refractivity contribution in [3.8, 4) is 5.75 Å². The number of nitrogens with one attached hydrogen (secondary N) is 3. The second kappa shape index (κ2) is 6.69. The molecule has 0 aliphatic carbocycles. The van der Waals surface area contributed by atoms with Gasteiger partial charge in [0, 0.05) is 6.04 Å². The Kier molecular flexibility index (Phi) is 4.94. The second-order valence-electron chi connectivity index (χ2n) is 5.01. The van der Waals surface area contributed by atoms with Crippen molar-refractivity contribution in [3.05, 3.63) is 29.8 Å². The van der Waals surface area contributed by atoms with Crippen LogP contribution in [0.15, 0.2) is 24.3 Å². The number of ether oxygens (including phenoxy) is 1. The maximum Gasteiger partial charge on any atom is 0.240 e. The number of carbonyl (C=O) groups excluding carboxylic acids is 1. The normalized spacial score (nSPS) is 25.4. The molecule has 1 aromatic rings. The Labute approximate surface area is 119 Å². The highest BCUT2D eigenvalue weighted by atomic mass is 16.5. The van der Waals surface area contributed by atoms with Gasteiger partial charge in [0.25, 0.3) is 0 Å². The van der Waals surface area contributed by atoms with Crippen LogP contribution < -0.4 is 26.9 Å². The van der Waals surface area contributed by atoms with E-state index >= 15 is 0 Å². The van der Waals surface area contributed by atoms with Crippen LogP contribution in [0, 0.1) is 5.92 Å². The summed E-state index contributed by atoms with van der Waals surface area (Å²) in [5, 5.41) is 0. The lowest BCUT2D eigenvalue weighted by atomic mass is 9.89. The van der Waals surface area contributed by atoms with Crippen LogP contribution in [-0.2, 0) is 4.79 Å². The van der Waals surface area contributed by atoms with Gasteiger partial charge in [0.05, 0.1) is 18.6 Å². The fourth-order valence-corrected chi connectivity index (χ4v) is 2.47. The number of hydrogen-bond acceptors (Lipinski definition) is 5. The summed E-state index contributed by atoms with van der Waals surface area (Å²) in [7, 11) is 0. The van der Waals surface area contributed by atoms with Crippen LogP contribution in [-0.4, -0.2) is 18.6 Å². The lowest BCUT2D eigenvalue weighted by Gasteiger charge is -2.20. The summed E-state index contributed by atoms with van der Waals surface area (Å²) < 4.78 is 5.63. The van der Waals surface area contributed by atoms with Crippen molar-refractivity contribution in [3.63, 3.8) is 0 Å². The summed E-state index contributed by atoms with van der Waals surface area (Å²) in [5.41, 5.74) is 9.48. The number of hydrogen-bond donors (Lipinski definition) is 4. The first kappa shape index (κ1) is 14.8. The van der Waals surface area contributed by atoms with Crippen molar-refractivity contribution in [1.29, 1.82) is 0 Å². The summed E-state index contributed by atoms with van der Waals surface area (Å²) in [6.07, 6.45) is 0.961. The minimum Gasteiger partial charge on any atom is -0.494 e. The van der Waals surface area contributed by atoms with Gasteiger partial charge in [-0.25, -0.2) is 11.3 Å². The Hall–Kier alpha value is -1.63. The zero-order valence-electron chi connectivity index (χ0n) is 11.8. The van der Waals surface area contributed by atoms with Gasteiger partial charge in [0.15, 0.2) is 0 Å². The molecule has 1 aliphatic rings. The van der Waals surface area contributed by atoms with E-state index in [4.69, 9.17) is 10.6 Å². The first-order valence-corrected chi connectivity index (χ1v) is 6.91. The summed E-state index contributed by atoms with van der Waals surface area (Å²) in [4.78, 5) is 11.9. The van der Waals surface area contributed by atoms with Crippen LogP contribution in [0.5, 0.6) is 5.75 Å². The van der Waals surface area contributed by atoms with Gasteiger partial charge in [-0.05, 0) is 31.0 Å². The molecule has 5 N–H and O–H groups in total. The zero-order chi connectivity index (χ0) is 14.5. The molecule has 3 atom stereocenters. The number of hydrazine groups is 2. The van der Waals surface area contributed by atoms with Crippen molar-refractivity contribution >= 4 is 5.91 Å². The molecule has 3 unspecified atom stereocenters. The van der Waals surface area contributed by atoms with Crippen molar-refractivity contribution < 1.29 is 9.53 Å². The highest BCUT2D eigenvalue weighted by molar-refractivity contribution is 5.80. The largest absolute Gasteiger partial charge is 0.494 e. The highest BCUT2D eigenvalue weighted by Gasteiger charge is 2.39. The summed E-state index contributed by atoms with van der Waals surface area (Å²) in [6.45, 7) is 4.70. The Morgan fingerprint density at radius 2 is 2.25 bits per heavy atom. The third-order valence-corrected chi connectivity index (χ3v) is 3.50. The Bertz CT molecular complexity index is 466. The van der Waals surface area contributed by atoms with E-state index < -0.39 is 0 Å². The summed E-state index contributed by atoms with van der Waals surface area (Å²) in [6, 6.07) is 7.67. The Balaban J connectivity index is 2.19. The number of rotatable bonds is 5. The van der Waals surface area contributed by atoms with Gasteiger partial charge in [-0.15, -0.1) is 0 Å². The van der Waals surface area contributed by atoms with Crippen LogP contribution in [0.2, 0.25) is 0 Å². The minimum absolute atomic E-state index is 0.00349. The predicted octanol–water partition coefficient (Wildman–Crippen LogP) is 0.619. The molecule has 6 nitrogen and oxygen atoms in total. The van der Waals surface area contributed by atoms with Gasteiger partial charge < -0.3 is 4.74 Å². The average molecular weight is 278 g/mol. The second-order valence-corrected chi connectivity index (χ2v) is 5.01. The fourth-order valence-electron chi connectivity index (χ4n) is 2.47. The van der Waals surface area contributed by atoms with Crippen molar-refractivity contribution in [1.82, 2.24) is 16.3 Å². The molecule has 1 aliphatic heterocycles. The van der Waals surface area contributed by atoms with E-state index in [0.717, 1.165) is 17.7 Å². The van der Waals surface area contributed by atoms with Gasteiger partial charge in [-0.1, -0.05) is 19.1 Å². The van der Waals surface area contributed by atoms with Crippen LogP contribution in [0.25, 0.3) is 0 Å². The molecule has 0 radical (unpaired) electrons. The van der Waals surface area contributed by atoms with Gasteiger partial charge in [-0.3, -0.25) is 15.6 Å². The van der Waals surface area contributed by atoms with Crippen LogP contribution >= 0.6 is 0 Å². The molecule has 1 amide bonds. The molecule has 6 heteroatoms. The molecular weight excluding hydrogens is 256 g/mol. The lowest BCUT2D eigenvalue weighted by Crippen LogP contribution is -2.41. The van der Waals surface area contributed by atoms with Crippen LogP contribution in [0.4, 0.5) is 0 Å². The first-order chi connectivity index (χ1) is 9.67. The van der Waals surface area contributed by atoms with E-state index in [9.17, 15) is 4.79 Å². The van der Waals surface area contributed by atoms with Gasteiger partial charge in [-0.2, -0.15) is 0 Å². The standard InChI is InChI=1S/C14H22N4O2/c1-3-7-20-11-6-4-5-10(8-11)13-12(14(19)16-15)9(2)17-18-13/h4-6,8-9,12-13,17-18H,3,7,15H2,1-2H3,(H,16,19). The van der Waals surface area contributed by atoms with Crippen molar-refractivity contribution in [2.45, 2.75) is 32.4 Å². The number of benzene rings is 1. The molecule has 0 aromatic heterocycles. The quantitative estimate of drug-likeness (QED) is 0.360. The highest BCUT2D eigenvalue weighted by Crippen LogP contribution is 2.30. The number of carbonyl (C=O) groups is 1. The first-order valence-electron chi connectivity index (χ1n) is 6.91. The monoisotopic (exact) mass is 278 g/mol. The third kappa shape index (κ3) is 3.09. The van der Waals surface area contributed by atoms with E-state index in [1.165, 1.54) is 0 Å². The topological polar surface area (TPSA) is 88.4 Å².